The molecule has 0 heterocycles. The van der Waals surface area contributed by atoms with Gasteiger partial charge >= 0.3 is 7.82 Å². The van der Waals surface area contributed by atoms with E-state index in [1.807, 2.05) is 0 Å². The van der Waals surface area contributed by atoms with Gasteiger partial charge in [0.05, 0.1) is 13.2 Å². The highest BCUT2D eigenvalue weighted by atomic mass is 31.2. The highest BCUT2D eigenvalue weighted by Crippen LogP contribution is 2.48. The van der Waals surface area contributed by atoms with Crippen molar-refractivity contribution in [1.29, 1.82) is 0 Å². The molecule has 5 heteroatoms. The minimum Gasteiger partial charge on any atom is -0.290 e. The molecule has 0 radical (unpaired) electrons. The molecule has 0 aliphatic rings. The van der Waals surface area contributed by atoms with Gasteiger partial charge < -0.3 is 0 Å². The molecule has 1 rings (SSSR count). The van der Waals surface area contributed by atoms with Gasteiger partial charge in [-0.15, -0.1) is 0 Å². The Hall–Kier alpha value is -0.670. The van der Waals surface area contributed by atoms with Crippen molar-refractivity contribution in [3.8, 4) is 0 Å². The zero-order valence-corrected chi connectivity index (χ0v) is 14.9. The van der Waals surface area contributed by atoms with E-state index in [9.17, 15) is 4.57 Å². The summed E-state index contributed by atoms with van der Waals surface area (Å²) in [5, 5.41) is 0. The molecular formula is C17H29O4P. The molecule has 0 aliphatic carbocycles. The van der Waals surface area contributed by atoms with Crippen LogP contribution in [0.15, 0.2) is 24.3 Å². The van der Waals surface area contributed by atoms with Crippen molar-refractivity contribution in [3.63, 3.8) is 0 Å². The van der Waals surface area contributed by atoms with E-state index in [0.717, 1.165) is 19.3 Å². The number of hydrogen-bond donors (Lipinski definition) is 0. The molecule has 0 spiro atoms. The van der Waals surface area contributed by atoms with Crippen LogP contribution in [0, 0.1) is 0 Å². The Morgan fingerprint density at radius 3 is 2.00 bits per heavy atom. The second-order valence-corrected chi connectivity index (χ2v) is 7.03. The van der Waals surface area contributed by atoms with Crippen LogP contribution in [0.2, 0.25) is 0 Å². The number of unbranched alkanes of at least 4 members (excludes halogenated alkanes) is 2. The van der Waals surface area contributed by atoms with Crippen molar-refractivity contribution in [1.82, 2.24) is 0 Å². The van der Waals surface area contributed by atoms with Crippen molar-refractivity contribution in [2.45, 2.75) is 52.4 Å². The van der Waals surface area contributed by atoms with E-state index in [4.69, 9.17) is 13.6 Å². The lowest BCUT2D eigenvalue weighted by molar-refractivity contribution is 0.135. The fourth-order valence-electron chi connectivity index (χ4n) is 2.21. The summed E-state index contributed by atoms with van der Waals surface area (Å²) in [5.74, 6) is 0. The van der Waals surface area contributed by atoms with Gasteiger partial charge in [-0.05, 0) is 43.7 Å². The van der Waals surface area contributed by atoms with E-state index in [1.165, 1.54) is 37.5 Å². The number of phosphoric acid groups is 1. The lowest BCUT2D eigenvalue weighted by Gasteiger charge is -2.14. The predicted molar refractivity (Wildman–Crippen MR) is 90.2 cm³/mol. The maximum Gasteiger partial charge on any atom is 0.474 e. The van der Waals surface area contributed by atoms with Crippen LogP contribution in [-0.4, -0.2) is 20.3 Å². The molecule has 0 bridgehead atoms. The van der Waals surface area contributed by atoms with Gasteiger partial charge in [-0.25, -0.2) is 4.57 Å². The molecule has 0 aliphatic heterocycles. The van der Waals surface area contributed by atoms with Crippen LogP contribution >= 0.6 is 7.82 Å². The standard InChI is InChI=1S/C17H29O4P/c1-4-6-7-9-16-11-13-17(14-12-16)10-8-15-21-22(18,19-3)20-5-2/h11-14H,4-10,15H2,1-3H3. The van der Waals surface area contributed by atoms with Crippen molar-refractivity contribution >= 4 is 7.82 Å². The fourth-order valence-corrected chi connectivity index (χ4v) is 3.16. The lowest BCUT2D eigenvalue weighted by Crippen LogP contribution is -2.00. The molecule has 1 unspecified atom stereocenters. The molecular weight excluding hydrogens is 299 g/mol. The zero-order chi connectivity index (χ0) is 16.3. The molecule has 0 N–H and O–H groups in total. The summed E-state index contributed by atoms with van der Waals surface area (Å²) in [4.78, 5) is 0. The van der Waals surface area contributed by atoms with Crippen LogP contribution in [0.5, 0.6) is 0 Å². The normalized spacial score (nSPS) is 14.0. The summed E-state index contributed by atoms with van der Waals surface area (Å²) >= 11 is 0. The Labute approximate surface area is 134 Å². The average Bonchev–Trinajstić information content (AvgIpc) is 2.53. The summed E-state index contributed by atoms with van der Waals surface area (Å²) in [6.07, 6.45) is 6.64. The van der Waals surface area contributed by atoms with Crippen LogP contribution in [0.25, 0.3) is 0 Å². The second-order valence-electron chi connectivity index (χ2n) is 5.26. The molecule has 4 nitrogen and oxygen atoms in total. The molecule has 1 aromatic carbocycles. The molecule has 22 heavy (non-hydrogen) atoms. The number of aryl methyl sites for hydroxylation is 2. The SMILES string of the molecule is CCCCCc1ccc(CCCOP(=O)(OC)OCC)cc1. The molecule has 0 saturated heterocycles. The van der Waals surface area contributed by atoms with Crippen molar-refractivity contribution in [3.05, 3.63) is 35.4 Å². The second kappa shape index (κ2) is 11.0. The predicted octanol–water partition coefficient (Wildman–Crippen LogP) is 5.16. The average molecular weight is 328 g/mol. The summed E-state index contributed by atoms with van der Waals surface area (Å²) < 4.78 is 26.9. The van der Waals surface area contributed by atoms with Gasteiger partial charge in [0, 0.05) is 7.11 Å². The number of rotatable bonds is 12. The van der Waals surface area contributed by atoms with Crippen LogP contribution in [0.3, 0.4) is 0 Å². The van der Waals surface area contributed by atoms with Gasteiger partial charge in [0.15, 0.2) is 0 Å². The van der Waals surface area contributed by atoms with Crippen LogP contribution in [-0.2, 0) is 31.0 Å². The largest absolute Gasteiger partial charge is 0.474 e. The van der Waals surface area contributed by atoms with Gasteiger partial charge in [0.2, 0.25) is 0 Å². The van der Waals surface area contributed by atoms with E-state index < -0.39 is 7.82 Å². The van der Waals surface area contributed by atoms with E-state index >= 15 is 0 Å². The summed E-state index contributed by atoms with van der Waals surface area (Å²) in [7, 11) is -2.00. The molecule has 0 fully saturated rings. The Bertz CT molecular complexity index is 444. The Morgan fingerprint density at radius 1 is 0.909 bits per heavy atom. The minimum absolute atomic E-state index is 0.310. The quantitative estimate of drug-likeness (QED) is 0.393. The maximum absolute atomic E-state index is 11.9. The zero-order valence-electron chi connectivity index (χ0n) is 14.0. The monoisotopic (exact) mass is 328 g/mol. The molecule has 1 aromatic rings. The van der Waals surface area contributed by atoms with E-state index in [0.29, 0.717) is 13.2 Å². The van der Waals surface area contributed by atoms with E-state index in [1.54, 1.807) is 6.92 Å². The third-order valence-electron chi connectivity index (χ3n) is 3.46. The summed E-state index contributed by atoms with van der Waals surface area (Å²) in [5.41, 5.74) is 2.67. The smallest absolute Gasteiger partial charge is 0.290 e. The van der Waals surface area contributed by atoms with Crippen molar-refractivity contribution < 1.29 is 18.1 Å². The first-order chi connectivity index (χ1) is 10.6. The third kappa shape index (κ3) is 7.55. The van der Waals surface area contributed by atoms with Gasteiger partial charge in [-0.2, -0.15) is 0 Å². The molecule has 0 amide bonds. The van der Waals surface area contributed by atoms with Crippen LogP contribution in [0.1, 0.15) is 50.7 Å². The molecule has 0 saturated carbocycles. The first-order valence-electron chi connectivity index (χ1n) is 8.16. The summed E-state index contributed by atoms with van der Waals surface area (Å²) in [6.45, 7) is 4.66. The van der Waals surface area contributed by atoms with Gasteiger partial charge in [-0.3, -0.25) is 13.6 Å². The van der Waals surface area contributed by atoms with E-state index in [2.05, 4.69) is 31.2 Å². The Balaban J connectivity index is 2.28. The van der Waals surface area contributed by atoms with Crippen molar-refractivity contribution in [2.24, 2.45) is 0 Å². The maximum atomic E-state index is 11.9. The minimum atomic E-state index is -3.35. The highest BCUT2D eigenvalue weighted by Gasteiger charge is 2.23. The highest BCUT2D eigenvalue weighted by molar-refractivity contribution is 7.48. The summed E-state index contributed by atoms with van der Waals surface area (Å²) in [6, 6.07) is 8.73. The van der Waals surface area contributed by atoms with Crippen molar-refractivity contribution in [2.75, 3.05) is 20.3 Å². The van der Waals surface area contributed by atoms with E-state index in [-0.39, 0.29) is 0 Å². The fraction of sp³-hybridized carbons (Fsp3) is 0.647. The Kier molecular flexibility index (Phi) is 9.65. The lowest BCUT2D eigenvalue weighted by atomic mass is 10.0. The molecule has 1 atom stereocenters. The van der Waals surface area contributed by atoms with Gasteiger partial charge in [0.1, 0.15) is 0 Å². The topological polar surface area (TPSA) is 44.8 Å². The first-order valence-corrected chi connectivity index (χ1v) is 9.62. The molecule has 126 valence electrons. The molecule has 0 aromatic heterocycles. The third-order valence-corrected chi connectivity index (χ3v) is 4.98. The van der Waals surface area contributed by atoms with Gasteiger partial charge in [-0.1, -0.05) is 44.0 Å². The van der Waals surface area contributed by atoms with Crippen LogP contribution in [0.4, 0.5) is 0 Å². The number of hydrogen-bond acceptors (Lipinski definition) is 4. The van der Waals surface area contributed by atoms with Gasteiger partial charge in [0.25, 0.3) is 0 Å². The number of benzene rings is 1. The number of phosphoric ester groups is 1. The first kappa shape index (κ1) is 19.4. The van der Waals surface area contributed by atoms with Crippen LogP contribution < -0.4 is 0 Å². The Morgan fingerprint density at radius 2 is 1.50 bits per heavy atom.